The second-order valence-electron chi connectivity index (χ2n) is 4.11. The zero-order valence-electron chi connectivity index (χ0n) is 11.0. The Kier molecular flexibility index (Phi) is 4.45. The molecule has 2 rings (SSSR count). The summed E-state index contributed by atoms with van der Waals surface area (Å²) >= 11 is 5.96. The van der Waals surface area contributed by atoms with Crippen LogP contribution in [0.4, 0.5) is 5.69 Å². The largest absolute Gasteiger partial charge is 0.870 e. The first kappa shape index (κ1) is 14.9. The van der Waals surface area contributed by atoms with Gasteiger partial charge in [-0.2, -0.15) is 0 Å². The summed E-state index contributed by atoms with van der Waals surface area (Å²) in [6, 6.07) is 8.97. The third-order valence-electron chi connectivity index (χ3n) is 2.77. The maximum Gasteiger partial charge on any atom is 0.335 e. The molecule has 0 aliphatic rings. The van der Waals surface area contributed by atoms with Crippen LogP contribution >= 0.6 is 11.6 Å². The smallest absolute Gasteiger partial charge is 0.335 e. The minimum Gasteiger partial charge on any atom is -0.870 e. The number of carboxylic acid groups (broad SMARTS) is 1. The summed E-state index contributed by atoms with van der Waals surface area (Å²) in [6.07, 6.45) is 1.33. The van der Waals surface area contributed by atoms with Gasteiger partial charge in [0.05, 0.1) is 23.4 Å². The Morgan fingerprint density at radius 1 is 1.38 bits per heavy atom. The molecule has 0 amide bonds. The van der Waals surface area contributed by atoms with Crippen LogP contribution in [0.2, 0.25) is 5.02 Å². The van der Waals surface area contributed by atoms with Crippen molar-refractivity contribution in [2.45, 2.75) is 0 Å². The van der Waals surface area contributed by atoms with Crippen molar-refractivity contribution in [1.82, 2.24) is 0 Å². The molecule has 2 aromatic rings. The minimum absolute atomic E-state index is 0.0690. The molecule has 0 atom stereocenters. The fraction of sp³-hybridized carbons (Fsp3) is 0.0667. The van der Waals surface area contributed by atoms with Crippen LogP contribution in [-0.4, -0.2) is 24.4 Å². The van der Waals surface area contributed by atoms with Crippen LogP contribution < -0.4 is 9.84 Å². The maximum absolute atomic E-state index is 11.9. The van der Waals surface area contributed by atoms with Crippen LogP contribution in [0.3, 0.4) is 0 Å². The molecule has 6 heteroatoms. The van der Waals surface area contributed by atoms with Gasteiger partial charge in [0.15, 0.2) is 0 Å². The van der Waals surface area contributed by atoms with Gasteiger partial charge in [0, 0.05) is 6.21 Å². The number of nitrogens with zero attached hydrogens (tertiary/aromatic N) is 1. The van der Waals surface area contributed by atoms with Gasteiger partial charge in [-0.15, -0.1) is 0 Å². The van der Waals surface area contributed by atoms with Gasteiger partial charge in [0.1, 0.15) is 5.75 Å². The van der Waals surface area contributed by atoms with Gasteiger partial charge in [0.25, 0.3) is 0 Å². The number of benzene rings is 2. The fourth-order valence-corrected chi connectivity index (χ4v) is 1.85. The van der Waals surface area contributed by atoms with E-state index >= 15 is 0 Å². The highest BCUT2D eigenvalue weighted by Gasteiger charge is 2.06. The number of halogens is 1. The summed E-state index contributed by atoms with van der Waals surface area (Å²) in [4.78, 5) is 15.0. The first-order chi connectivity index (χ1) is 10.0. The third kappa shape index (κ3) is 3.32. The van der Waals surface area contributed by atoms with E-state index in [2.05, 4.69) is 4.99 Å². The first-order valence-corrected chi connectivity index (χ1v) is 6.31. The average Bonchev–Trinajstić information content (AvgIpc) is 2.47. The molecule has 5 nitrogen and oxygen atoms in total. The van der Waals surface area contributed by atoms with E-state index in [1.807, 2.05) is 0 Å². The molecular weight excluding hydrogens is 294 g/mol. The quantitative estimate of drug-likeness (QED) is 0.880. The summed E-state index contributed by atoms with van der Waals surface area (Å²) < 4.78 is 4.93. The standard InChI is InChI=1S/C15H12ClNO4/c1-21-13-4-2-3-10(14(13)18)8-17-12-7-9(15(19)20)5-6-11(12)16/h2-8,18H,1H3,(H,19,20)/p-1. The highest BCUT2D eigenvalue weighted by Crippen LogP contribution is 2.28. The van der Waals surface area contributed by atoms with Crippen LogP contribution in [0.25, 0.3) is 0 Å². The van der Waals surface area contributed by atoms with E-state index in [4.69, 9.17) is 21.4 Å². The van der Waals surface area contributed by atoms with Crippen molar-refractivity contribution in [2.75, 3.05) is 7.11 Å². The molecule has 21 heavy (non-hydrogen) atoms. The van der Waals surface area contributed by atoms with E-state index in [-0.39, 0.29) is 22.7 Å². The van der Waals surface area contributed by atoms with Crippen molar-refractivity contribution in [1.29, 1.82) is 0 Å². The molecule has 0 saturated carbocycles. The predicted octanol–water partition coefficient (Wildman–Crippen LogP) is 2.87. The number of rotatable bonds is 4. The molecule has 0 radical (unpaired) electrons. The molecule has 0 saturated heterocycles. The zero-order valence-corrected chi connectivity index (χ0v) is 11.8. The lowest BCUT2D eigenvalue weighted by Gasteiger charge is -2.14. The van der Waals surface area contributed by atoms with E-state index in [0.29, 0.717) is 10.6 Å². The molecule has 0 spiro atoms. The summed E-state index contributed by atoms with van der Waals surface area (Å²) in [6.45, 7) is 0. The van der Waals surface area contributed by atoms with Crippen LogP contribution in [0.5, 0.6) is 11.5 Å². The number of para-hydroxylation sites is 1. The van der Waals surface area contributed by atoms with Crippen molar-refractivity contribution in [3.05, 3.63) is 52.5 Å². The van der Waals surface area contributed by atoms with Gasteiger partial charge in [-0.25, -0.2) is 4.79 Å². The van der Waals surface area contributed by atoms with Crippen LogP contribution in [-0.2, 0) is 0 Å². The van der Waals surface area contributed by atoms with Gasteiger partial charge in [-0.3, -0.25) is 4.99 Å². The van der Waals surface area contributed by atoms with Gasteiger partial charge < -0.3 is 14.9 Å². The molecule has 0 unspecified atom stereocenters. The van der Waals surface area contributed by atoms with E-state index in [0.717, 1.165) is 0 Å². The molecule has 2 aromatic carbocycles. The topological polar surface area (TPSA) is 82.0 Å². The molecular formula is C15H11ClNO4-. The van der Waals surface area contributed by atoms with Crippen LogP contribution in [0.15, 0.2) is 41.4 Å². The Bertz CT molecular complexity index is 713. The first-order valence-electron chi connectivity index (χ1n) is 5.94. The van der Waals surface area contributed by atoms with Crippen molar-refractivity contribution in [3.8, 4) is 11.5 Å². The second kappa shape index (κ2) is 6.28. The van der Waals surface area contributed by atoms with E-state index < -0.39 is 5.97 Å². The highest BCUT2D eigenvalue weighted by atomic mass is 35.5. The number of carbonyl (C=O) groups is 1. The number of carboxylic acids is 1. The third-order valence-corrected chi connectivity index (χ3v) is 3.08. The number of aromatic carboxylic acids is 1. The Balaban J connectivity index is 2.38. The van der Waals surface area contributed by atoms with E-state index in [1.54, 1.807) is 18.2 Å². The van der Waals surface area contributed by atoms with Crippen LogP contribution in [0, 0.1) is 0 Å². The second-order valence-corrected chi connectivity index (χ2v) is 4.52. The van der Waals surface area contributed by atoms with Gasteiger partial charge in [-0.05, 0) is 29.8 Å². The lowest BCUT2D eigenvalue weighted by Crippen LogP contribution is -1.99. The molecule has 0 bridgehead atoms. The minimum atomic E-state index is -1.07. The molecule has 0 fully saturated rings. The van der Waals surface area contributed by atoms with Gasteiger partial charge in [0.2, 0.25) is 0 Å². The lowest BCUT2D eigenvalue weighted by molar-refractivity contribution is -0.270. The summed E-state index contributed by atoms with van der Waals surface area (Å²) in [5.74, 6) is -1.16. The number of aliphatic imine (C=N–C) groups is 1. The van der Waals surface area contributed by atoms with E-state index in [9.17, 15) is 9.90 Å². The predicted molar refractivity (Wildman–Crippen MR) is 78.1 cm³/mol. The number of hydrogen-bond donors (Lipinski definition) is 1. The molecule has 0 aromatic heterocycles. The van der Waals surface area contributed by atoms with Gasteiger partial charge in [-0.1, -0.05) is 29.5 Å². The Labute approximate surface area is 126 Å². The van der Waals surface area contributed by atoms with Crippen molar-refractivity contribution in [2.24, 2.45) is 4.99 Å². The summed E-state index contributed by atoms with van der Waals surface area (Å²) in [5, 5.41) is 21.2. The van der Waals surface area contributed by atoms with Crippen molar-refractivity contribution in [3.63, 3.8) is 0 Å². The average molecular weight is 305 g/mol. The zero-order chi connectivity index (χ0) is 15.4. The number of hydrogen-bond acceptors (Lipinski definition) is 4. The lowest BCUT2D eigenvalue weighted by atomic mass is 10.2. The van der Waals surface area contributed by atoms with Gasteiger partial charge >= 0.3 is 5.97 Å². The molecule has 1 N–H and O–H groups in total. The highest BCUT2D eigenvalue weighted by molar-refractivity contribution is 6.33. The van der Waals surface area contributed by atoms with Crippen molar-refractivity contribution < 1.29 is 19.7 Å². The Morgan fingerprint density at radius 2 is 2.14 bits per heavy atom. The number of ether oxygens (including phenoxy) is 1. The molecule has 0 aliphatic heterocycles. The van der Waals surface area contributed by atoms with E-state index in [1.165, 1.54) is 31.5 Å². The normalized spacial score (nSPS) is 10.8. The summed E-state index contributed by atoms with van der Waals surface area (Å²) in [7, 11) is 1.41. The summed E-state index contributed by atoms with van der Waals surface area (Å²) in [5.41, 5.74) is 0.671. The van der Waals surface area contributed by atoms with Crippen molar-refractivity contribution >= 4 is 29.5 Å². The SMILES string of the molecule is COc1cccc(C=Nc2cc(C(=O)O)ccc2Cl)c1[O-]. The molecule has 0 heterocycles. The maximum atomic E-state index is 11.9. The number of methoxy groups -OCH3 is 1. The van der Waals surface area contributed by atoms with Crippen LogP contribution in [0.1, 0.15) is 15.9 Å². The fourth-order valence-electron chi connectivity index (χ4n) is 1.68. The monoisotopic (exact) mass is 304 g/mol. The molecule has 0 aliphatic carbocycles. The Morgan fingerprint density at radius 3 is 2.81 bits per heavy atom. The Hall–Kier alpha value is -2.53. The molecule has 108 valence electrons.